The third kappa shape index (κ3) is 5.09. The molecule has 0 spiro atoms. The first-order chi connectivity index (χ1) is 12.0. The van der Waals surface area contributed by atoms with E-state index in [0.29, 0.717) is 10.9 Å². The third-order valence-corrected chi connectivity index (χ3v) is 5.10. The molecule has 0 aliphatic carbocycles. The monoisotopic (exact) mass is 376 g/mol. The number of amides is 1. The Labute approximate surface area is 157 Å². The zero-order valence-corrected chi connectivity index (χ0v) is 15.9. The van der Waals surface area contributed by atoms with Crippen molar-refractivity contribution in [1.29, 1.82) is 0 Å². The van der Waals surface area contributed by atoms with Crippen LogP contribution in [0.5, 0.6) is 0 Å². The van der Waals surface area contributed by atoms with Gasteiger partial charge in [-0.05, 0) is 44.5 Å². The molecule has 1 fully saturated rings. The van der Waals surface area contributed by atoms with Gasteiger partial charge in [0.05, 0.1) is 5.75 Å². The van der Waals surface area contributed by atoms with Crippen LogP contribution in [-0.2, 0) is 4.79 Å². The summed E-state index contributed by atoms with van der Waals surface area (Å²) in [5, 5.41) is 4.49. The molecular formula is C18H21ClN4OS. The molecule has 1 aromatic heterocycles. The average molecular weight is 377 g/mol. The van der Waals surface area contributed by atoms with Gasteiger partial charge in [-0.15, -0.1) is 0 Å². The molecule has 0 radical (unpaired) electrons. The van der Waals surface area contributed by atoms with Crippen LogP contribution in [0.15, 0.2) is 35.5 Å². The molecule has 7 heteroatoms. The SMILES string of the molecule is Cc1cc(C)nc(SCC(=O)N[C@H]2CCN(c3cccc(Cl)c3)C2)n1. The van der Waals surface area contributed by atoms with Crippen molar-refractivity contribution in [3.8, 4) is 0 Å². The standard InChI is InChI=1S/C18H21ClN4OS/c1-12-8-13(2)21-18(20-12)25-11-17(24)22-15-6-7-23(10-15)16-5-3-4-14(19)9-16/h3-5,8-9,15H,6-7,10-11H2,1-2H3,(H,22,24)/t15-/m0/s1. The Hall–Kier alpha value is -1.79. The maximum Gasteiger partial charge on any atom is 0.230 e. The van der Waals surface area contributed by atoms with Gasteiger partial charge in [-0.25, -0.2) is 9.97 Å². The Morgan fingerprint density at radius 1 is 1.32 bits per heavy atom. The minimum atomic E-state index is 0.0192. The second-order valence-corrected chi connectivity index (χ2v) is 7.58. The van der Waals surface area contributed by atoms with Crippen LogP contribution in [0.3, 0.4) is 0 Å². The summed E-state index contributed by atoms with van der Waals surface area (Å²) >= 11 is 7.43. The fourth-order valence-electron chi connectivity index (χ4n) is 2.94. The third-order valence-electron chi connectivity index (χ3n) is 4.02. The number of hydrogen-bond donors (Lipinski definition) is 1. The highest BCUT2D eigenvalue weighted by Gasteiger charge is 2.24. The van der Waals surface area contributed by atoms with Crippen molar-refractivity contribution in [1.82, 2.24) is 15.3 Å². The van der Waals surface area contributed by atoms with Crippen LogP contribution < -0.4 is 10.2 Å². The molecule has 25 heavy (non-hydrogen) atoms. The zero-order valence-electron chi connectivity index (χ0n) is 14.3. The summed E-state index contributed by atoms with van der Waals surface area (Å²) in [6.45, 7) is 5.58. The van der Waals surface area contributed by atoms with Crippen LogP contribution in [0.4, 0.5) is 5.69 Å². The van der Waals surface area contributed by atoms with Crippen LogP contribution in [0.1, 0.15) is 17.8 Å². The van der Waals surface area contributed by atoms with Crippen LogP contribution in [0.25, 0.3) is 0 Å². The van der Waals surface area contributed by atoms with Gasteiger partial charge >= 0.3 is 0 Å². The Bertz CT molecular complexity index is 750. The van der Waals surface area contributed by atoms with E-state index in [9.17, 15) is 4.79 Å². The van der Waals surface area contributed by atoms with Crippen molar-refractivity contribution >= 4 is 35.0 Å². The Morgan fingerprint density at radius 3 is 2.80 bits per heavy atom. The summed E-state index contributed by atoms with van der Waals surface area (Å²) in [4.78, 5) is 23.2. The number of halogens is 1. The van der Waals surface area contributed by atoms with Crippen molar-refractivity contribution in [2.45, 2.75) is 31.5 Å². The van der Waals surface area contributed by atoms with E-state index in [0.717, 1.165) is 41.6 Å². The molecule has 0 saturated carbocycles. The summed E-state index contributed by atoms with van der Waals surface area (Å²) in [5.41, 5.74) is 2.94. The van der Waals surface area contributed by atoms with E-state index in [1.165, 1.54) is 11.8 Å². The number of nitrogens with one attached hydrogen (secondary N) is 1. The summed E-state index contributed by atoms with van der Waals surface area (Å²) in [6, 6.07) is 9.90. The van der Waals surface area contributed by atoms with E-state index in [2.05, 4.69) is 20.2 Å². The summed E-state index contributed by atoms with van der Waals surface area (Å²) < 4.78 is 0. The molecule has 1 aliphatic heterocycles. The number of hydrogen-bond acceptors (Lipinski definition) is 5. The molecule has 0 bridgehead atoms. The topological polar surface area (TPSA) is 58.1 Å². The van der Waals surface area contributed by atoms with Crippen LogP contribution in [-0.4, -0.2) is 40.8 Å². The molecule has 1 aliphatic rings. The molecule has 132 valence electrons. The van der Waals surface area contributed by atoms with Gasteiger partial charge in [0.2, 0.25) is 5.91 Å². The van der Waals surface area contributed by atoms with Crippen molar-refractivity contribution in [2.24, 2.45) is 0 Å². The number of carbonyl (C=O) groups excluding carboxylic acids is 1. The highest BCUT2D eigenvalue weighted by Crippen LogP contribution is 2.23. The molecule has 1 amide bonds. The molecule has 2 aromatic rings. The van der Waals surface area contributed by atoms with Gasteiger partial charge in [0.1, 0.15) is 0 Å². The Balaban J connectivity index is 1.49. The highest BCUT2D eigenvalue weighted by molar-refractivity contribution is 7.99. The lowest BCUT2D eigenvalue weighted by atomic mass is 10.2. The van der Waals surface area contributed by atoms with Crippen LogP contribution in [0.2, 0.25) is 5.02 Å². The highest BCUT2D eigenvalue weighted by atomic mass is 35.5. The van der Waals surface area contributed by atoms with E-state index in [1.54, 1.807) is 0 Å². The normalized spacial score (nSPS) is 16.9. The molecule has 3 rings (SSSR count). The van der Waals surface area contributed by atoms with Crippen molar-refractivity contribution < 1.29 is 4.79 Å². The molecule has 2 heterocycles. The van der Waals surface area contributed by atoms with E-state index >= 15 is 0 Å². The van der Waals surface area contributed by atoms with Gasteiger partial charge in [0.15, 0.2) is 5.16 Å². The fraction of sp³-hybridized carbons (Fsp3) is 0.389. The first kappa shape index (κ1) is 18.0. The van der Waals surface area contributed by atoms with Crippen LogP contribution >= 0.6 is 23.4 Å². The van der Waals surface area contributed by atoms with E-state index in [4.69, 9.17) is 11.6 Å². The second kappa shape index (κ2) is 8.06. The number of aryl methyl sites for hydroxylation is 2. The van der Waals surface area contributed by atoms with Gasteiger partial charge in [-0.1, -0.05) is 29.4 Å². The van der Waals surface area contributed by atoms with Gasteiger partial charge in [-0.3, -0.25) is 4.79 Å². The predicted molar refractivity (Wildman–Crippen MR) is 102 cm³/mol. The lowest BCUT2D eigenvalue weighted by Crippen LogP contribution is -2.38. The molecule has 1 aromatic carbocycles. The number of benzene rings is 1. The molecule has 5 nitrogen and oxygen atoms in total. The number of aromatic nitrogens is 2. The smallest absolute Gasteiger partial charge is 0.230 e. The Morgan fingerprint density at radius 2 is 2.08 bits per heavy atom. The molecule has 1 N–H and O–H groups in total. The van der Waals surface area contributed by atoms with Gasteiger partial charge < -0.3 is 10.2 Å². The molecule has 1 atom stereocenters. The second-order valence-electron chi connectivity index (χ2n) is 6.20. The maximum atomic E-state index is 12.2. The molecule has 1 saturated heterocycles. The first-order valence-electron chi connectivity index (χ1n) is 8.24. The molecule has 0 unspecified atom stereocenters. The maximum absolute atomic E-state index is 12.2. The lowest BCUT2D eigenvalue weighted by molar-refractivity contribution is -0.119. The van der Waals surface area contributed by atoms with Crippen molar-refractivity contribution in [3.63, 3.8) is 0 Å². The van der Waals surface area contributed by atoms with Crippen LogP contribution in [0, 0.1) is 13.8 Å². The largest absolute Gasteiger partial charge is 0.369 e. The van der Waals surface area contributed by atoms with E-state index < -0.39 is 0 Å². The van der Waals surface area contributed by atoms with E-state index in [-0.39, 0.29) is 11.9 Å². The van der Waals surface area contributed by atoms with Gasteiger partial charge in [-0.2, -0.15) is 0 Å². The van der Waals surface area contributed by atoms with Gasteiger partial charge in [0.25, 0.3) is 0 Å². The number of thioether (sulfide) groups is 1. The number of rotatable bonds is 5. The number of nitrogens with zero attached hydrogens (tertiary/aromatic N) is 3. The quantitative estimate of drug-likeness (QED) is 0.641. The lowest BCUT2D eigenvalue weighted by Gasteiger charge is -2.19. The summed E-state index contributed by atoms with van der Waals surface area (Å²) in [5.74, 6) is 0.349. The zero-order chi connectivity index (χ0) is 17.8. The summed E-state index contributed by atoms with van der Waals surface area (Å²) in [6.07, 6.45) is 0.934. The number of anilines is 1. The van der Waals surface area contributed by atoms with E-state index in [1.807, 2.05) is 44.2 Å². The summed E-state index contributed by atoms with van der Waals surface area (Å²) in [7, 11) is 0. The first-order valence-corrected chi connectivity index (χ1v) is 9.61. The van der Waals surface area contributed by atoms with Crippen molar-refractivity contribution in [3.05, 3.63) is 46.7 Å². The average Bonchev–Trinajstić information content (AvgIpc) is 3.00. The minimum absolute atomic E-state index is 0.0192. The minimum Gasteiger partial charge on any atom is -0.369 e. The molecular weight excluding hydrogens is 356 g/mol. The Kier molecular flexibility index (Phi) is 5.81. The fourth-order valence-corrected chi connectivity index (χ4v) is 3.89. The van der Waals surface area contributed by atoms with Crippen molar-refractivity contribution in [2.75, 3.05) is 23.7 Å². The predicted octanol–water partition coefficient (Wildman–Crippen LogP) is 3.23. The number of carbonyl (C=O) groups is 1. The van der Waals surface area contributed by atoms with Gasteiger partial charge in [0, 0.05) is 41.2 Å².